The van der Waals surface area contributed by atoms with Crippen LogP contribution in [0, 0.1) is 5.39 Å². The van der Waals surface area contributed by atoms with E-state index < -0.39 is 5.91 Å². The normalized spacial score (nSPS) is 18.9. The first-order valence-corrected chi connectivity index (χ1v) is 6.76. The number of carbonyl (C=O) groups is 1. The van der Waals surface area contributed by atoms with Crippen LogP contribution < -0.4 is 4.90 Å². The van der Waals surface area contributed by atoms with Crippen molar-refractivity contribution in [3.63, 3.8) is 0 Å². The molecule has 0 radical (unpaired) electrons. The highest BCUT2D eigenvalue weighted by atomic mass is 16.3. The maximum absolute atomic E-state index is 12.6. The van der Waals surface area contributed by atoms with Crippen molar-refractivity contribution in [1.82, 2.24) is 0 Å². The Kier molecular flexibility index (Phi) is 4.04. The molecule has 104 valence electrons. The molecule has 1 amide bonds. The Morgan fingerprint density at radius 2 is 2.20 bits per heavy atom. The molecular weight excluding hydrogens is 254 g/mol. The summed E-state index contributed by atoms with van der Waals surface area (Å²) in [7, 11) is 0. The van der Waals surface area contributed by atoms with Crippen LogP contribution in [-0.2, 0) is 11.2 Å². The molecule has 1 aromatic carbocycles. The van der Waals surface area contributed by atoms with Crippen LogP contribution >= 0.6 is 0 Å². The second-order valence-electron chi connectivity index (χ2n) is 4.94. The molecule has 0 aliphatic carbocycles. The quantitative estimate of drug-likeness (QED) is 0.509. The van der Waals surface area contributed by atoms with Crippen LogP contribution in [0.25, 0.3) is 4.98 Å². The van der Waals surface area contributed by atoms with Gasteiger partial charge in [-0.15, -0.1) is 0 Å². The van der Waals surface area contributed by atoms with Gasteiger partial charge in [0.2, 0.25) is 5.39 Å². The molecule has 1 aromatic rings. The molecule has 1 heterocycles. The number of hydrogen-bond donors (Lipinski definition) is 1. The Bertz CT molecular complexity index is 597. The molecule has 0 aromatic heterocycles. The number of rotatable bonds is 2. The fourth-order valence-corrected chi connectivity index (χ4v) is 2.65. The molecule has 20 heavy (non-hydrogen) atoms. The molecule has 0 fully saturated rings. The predicted octanol–water partition coefficient (Wildman–Crippen LogP) is 3.39. The highest BCUT2D eigenvalue weighted by Crippen LogP contribution is 2.33. The van der Waals surface area contributed by atoms with Crippen molar-refractivity contribution in [1.29, 1.82) is 5.39 Å². The van der Waals surface area contributed by atoms with E-state index in [1.807, 2.05) is 31.2 Å². The molecule has 1 aliphatic rings. The Labute approximate surface area is 118 Å². The lowest BCUT2D eigenvalue weighted by Crippen LogP contribution is -2.44. The van der Waals surface area contributed by atoms with Gasteiger partial charge in [-0.3, -0.25) is 9.69 Å². The molecule has 0 bridgehead atoms. The number of aliphatic hydroxyl groups excluding tert-OH is 1. The largest absolute Gasteiger partial charge is 0.505 e. The second kappa shape index (κ2) is 5.74. The summed E-state index contributed by atoms with van der Waals surface area (Å²) < 4.78 is 0. The number of aryl methyl sites for hydroxylation is 1. The van der Waals surface area contributed by atoms with E-state index in [2.05, 4.69) is 4.98 Å². The molecule has 1 aliphatic heterocycles. The van der Waals surface area contributed by atoms with Crippen molar-refractivity contribution in [2.45, 2.75) is 39.2 Å². The van der Waals surface area contributed by atoms with Crippen molar-refractivity contribution >= 4 is 11.6 Å². The monoisotopic (exact) mass is 272 g/mol. The van der Waals surface area contributed by atoms with Crippen molar-refractivity contribution in [3.8, 4) is 0 Å². The first kappa shape index (κ1) is 14.1. The number of allylic oxidation sites excluding steroid dienone is 1. The Morgan fingerprint density at radius 1 is 1.50 bits per heavy atom. The summed E-state index contributed by atoms with van der Waals surface area (Å²) in [5.41, 5.74) is 1.62. The van der Waals surface area contributed by atoms with E-state index in [9.17, 15) is 9.90 Å². The number of fused-ring (bicyclic) bond motifs is 1. The van der Waals surface area contributed by atoms with Gasteiger partial charge < -0.3 is 5.11 Å². The zero-order valence-electron chi connectivity index (χ0n) is 11.7. The second-order valence-corrected chi connectivity index (χ2v) is 4.94. The van der Waals surface area contributed by atoms with Gasteiger partial charge >= 0.3 is 11.6 Å². The van der Waals surface area contributed by atoms with Crippen LogP contribution in [0.5, 0.6) is 0 Å². The number of carbonyl (C=O) groups excluding carboxylic acids is 1. The van der Waals surface area contributed by atoms with E-state index in [0.29, 0.717) is 0 Å². The maximum Gasteiger partial charge on any atom is 0.485 e. The third-order valence-corrected chi connectivity index (χ3v) is 3.70. The summed E-state index contributed by atoms with van der Waals surface area (Å²) in [5, 5.41) is 18.5. The average Bonchev–Trinajstić information content (AvgIpc) is 2.46. The summed E-state index contributed by atoms with van der Waals surface area (Å²) in [6.07, 6.45) is 2.59. The zero-order chi connectivity index (χ0) is 14.7. The van der Waals surface area contributed by atoms with E-state index >= 15 is 0 Å². The summed E-state index contributed by atoms with van der Waals surface area (Å²) in [6, 6.07) is 7.75. The highest BCUT2D eigenvalue weighted by Gasteiger charge is 2.38. The minimum atomic E-state index is -0.466. The molecular formula is C15H18N3O2+. The summed E-state index contributed by atoms with van der Waals surface area (Å²) in [4.78, 5) is 17.1. The van der Waals surface area contributed by atoms with Crippen molar-refractivity contribution in [2.75, 3.05) is 4.90 Å². The van der Waals surface area contributed by atoms with Gasteiger partial charge in [0.1, 0.15) is 0 Å². The van der Waals surface area contributed by atoms with Crippen LogP contribution in [0.2, 0.25) is 0 Å². The van der Waals surface area contributed by atoms with Gasteiger partial charge in [0, 0.05) is 18.7 Å². The lowest BCUT2D eigenvalue weighted by molar-refractivity contribution is -0.115. The fraction of sp³-hybridized carbons (Fsp3) is 0.400. The van der Waals surface area contributed by atoms with Crippen molar-refractivity contribution in [2.24, 2.45) is 0 Å². The van der Waals surface area contributed by atoms with E-state index in [0.717, 1.165) is 30.5 Å². The molecule has 0 saturated carbocycles. The Morgan fingerprint density at radius 3 is 2.80 bits per heavy atom. The third kappa shape index (κ3) is 2.37. The number of diazo groups is 1. The summed E-state index contributed by atoms with van der Waals surface area (Å²) >= 11 is 0. The topological polar surface area (TPSA) is 68.7 Å². The van der Waals surface area contributed by atoms with E-state index in [4.69, 9.17) is 5.39 Å². The van der Waals surface area contributed by atoms with E-state index in [1.54, 1.807) is 4.90 Å². The molecule has 1 N–H and O–H groups in total. The van der Waals surface area contributed by atoms with Crippen LogP contribution in [0.1, 0.15) is 32.3 Å². The number of aliphatic hydroxyl groups is 1. The number of para-hydroxylation sites is 1. The number of anilines is 1. The Balaban J connectivity index is 2.50. The molecule has 5 heteroatoms. The minimum Gasteiger partial charge on any atom is -0.505 e. The van der Waals surface area contributed by atoms with Gasteiger partial charge in [-0.1, -0.05) is 25.1 Å². The van der Waals surface area contributed by atoms with Gasteiger partial charge in [0.15, 0.2) is 10.7 Å². The van der Waals surface area contributed by atoms with Gasteiger partial charge in [-0.25, -0.2) is 0 Å². The smallest absolute Gasteiger partial charge is 0.485 e. The van der Waals surface area contributed by atoms with Crippen LogP contribution in [0.15, 0.2) is 35.7 Å². The predicted molar refractivity (Wildman–Crippen MR) is 76.7 cm³/mol. The number of benzene rings is 1. The van der Waals surface area contributed by atoms with Crippen LogP contribution in [0.4, 0.5) is 5.69 Å². The average molecular weight is 272 g/mol. The third-order valence-electron chi connectivity index (χ3n) is 3.70. The van der Waals surface area contributed by atoms with Crippen LogP contribution in [-0.4, -0.2) is 17.1 Å². The van der Waals surface area contributed by atoms with Crippen molar-refractivity contribution in [3.05, 3.63) is 46.3 Å². The molecule has 0 saturated heterocycles. The van der Waals surface area contributed by atoms with Crippen molar-refractivity contribution < 1.29 is 9.90 Å². The number of nitrogens with zero attached hydrogens (tertiary/aromatic N) is 3. The molecule has 1 atom stereocenters. The minimum absolute atomic E-state index is 0.0495. The SMILES string of the molecule is CCC1CCc2ccccc2N1C(=O)/C([N+]#N)=C(/C)O. The zero-order valence-corrected chi connectivity index (χ0v) is 11.7. The molecule has 1 unspecified atom stereocenters. The Hall–Kier alpha value is -2.35. The lowest BCUT2D eigenvalue weighted by atomic mass is 9.94. The van der Waals surface area contributed by atoms with E-state index in [-0.39, 0.29) is 17.5 Å². The molecule has 0 spiro atoms. The summed E-state index contributed by atoms with van der Waals surface area (Å²) in [5.74, 6) is -0.748. The number of amides is 1. The van der Waals surface area contributed by atoms with Gasteiger partial charge in [-0.2, -0.15) is 0 Å². The molecule has 2 rings (SSSR count). The van der Waals surface area contributed by atoms with E-state index in [1.165, 1.54) is 6.92 Å². The lowest BCUT2D eigenvalue weighted by Gasteiger charge is -2.35. The van der Waals surface area contributed by atoms with Gasteiger partial charge in [0.05, 0.1) is 0 Å². The van der Waals surface area contributed by atoms with Gasteiger partial charge in [-0.05, 0) is 30.9 Å². The van der Waals surface area contributed by atoms with Crippen LogP contribution in [0.3, 0.4) is 0 Å². The molecule has 5 nitrogen and oxygen atoms in total. The summed E-state index contributed by atoms with van der Waals surface area (Å²) in [6.45, 7) is 3.36. The maximum atomic E-state index is 12.6. The standard InChI is InChI=1S/C15H17N3O2/c1-3-12-9-8-11-6-4-5-7-13(11)18(12)15(20)14(17-16)10(2)19/h4-7,12H,3,8-9H2,1-2H3/p+1. The first-order valence-electron chi connectivity index (χ1n) is 6.76. The van der Waals surface area contributed by atoms with Gasteiger partial charge in [0.25, 0.3) is 0 Å². The highest BCUT2D eigenvalue weighted by molar-refractivity contribution is 6.08. The fourth-order valence-electron chi connectivity index (χ4n) is 2.65. The first-order chi connectivity index (χ1) is 9.60. The number of hydrogen-bond acceptors (Lipinski definition) is 3.